The van der Waals surface area contributed by atoms with E-state index in [2.05, 4.69) is 26.0 Å². The van der Waals surface area contributed by atoms with E-state index in [4.69, 9.17) is 9.47 Å². The van der Waals surface area contributed by atoms with E-state index in [0.717, 1.165) is 22.4 Å². The Morgan fingerprint density at radius 2 is 1.80 bits per heavy atom. The van der Waals surface area contributed by atoms with Crippen molar-refractivity contribution < 1.29 is 14.3 Å². The Bertz CT molecular complexity index is 855. The van der Waals surface area contributed by atoms with Crippen LogP contribution in [-0.4, -0.2) is 13.1 Å². The van der Waals surface area contributed by atoms with Crippen LogP contribution < -0.4 is 4.74 Å². The summed E-state index contributed by atoms with van der Waals surface area (Å²) in [6.45, 7) is 6.29. The smallest absolute Gasteiger partial charge is 0.343 e. The van der Waals surface area contributed by atoms with E-state index >= 15 is 0 Å². The molecule has 0 spiro atoms. The summed E-state index contributed by atoms with van der Waals surface area (Å²) in [6, 6.07) is 14.0. The summed E-state index contributed by atoms with van der Waals surface area (Å²) in [5.41, 5.74) is 4.66. The molecule has 0 amide bonds. The van der Waals surface area contributed by atoms with Crippen molar-refractivity contribution >= 4 is 17.8 Å². The lowest BCUT2D eigenvalue weighted by Crippen LogP contribution is -1.97. The summed E-state index contributed by atoms with van der Waals surface area (Å²) in [7, 11) is 1.64. The molecule has 2 aromatic carbocycles. The van der Waals surface area contributed by atoms with E-state index in [1.54, 1.807) is 13.2 Å². The van der Waals surface area contributed by atoms with E-state index in [-0.39, 0.29) is 5.97 Å². The van der Waals surface area contributed by atoms with E-state index in [9.17, 15) is 4.79 Å². The zero-order valence-electron chi connectivity index (χ0n) is 15.0. The molecule has 3 rings (SSSR count). The van der Waals surface area contributed by atoms with Crippen LogP contribution in [0.3, 0.4) is 0 Å². The monoisotopic (exact) mass is 334 g/mol. The van der Waals surface area contributed by atoms with Gasteiger partial charge < -0.3 is 9.47 Å². The molecule has 1 heterocycles. The molecule has 128 valence electrons. The number of benzene rings is 2. The number of aryl methyl sites for hydroxylation is 1. The second-order valence-electron chi connectivity index (χ2n) is 6.50. The Morgan fingerprint density at radius 1 is 1.08 bits per heavy atom. The van der Waals surface area contributed by atoms with Gasteiger partial charge in [0.2, 0.25) is 0 Å². The van der Waals surface area contributed by atoms with Crippen LogP contribution in [0, 0.1) is 6.92 Å². The van der Waals surface area contributed by atoms with Gasteiger partial charge >= 0.3 is 5.97 Å². The number of carbonyl (C=O) groups is 1. The molecular formula is C22H22O3. The van der Waals surface area contributed by atoms with Crippen molar-refractivity contribution in [2.75, 3.05) is 7.11 Å². The molecule has 0 aliphatic carbocycles. The fourth-order valence-corrected chi connectivity index (χ4v) is 2.77. The average molecular weight is 334 g/mol. The van der Waals surface area contributed by atoms with Crippen LogP contribution in [-0.2, 0) is 9.53 Å². The third-order valence-corrected chi connectivity index (χ3v) is 4.34. The van der Waals surface area contributed by atoms with Crippen LogP contribution in [0.2, 0.25) is 0 Å². The van der Waals surface area contributed by atoms with Gasteiger partial charge in [-0.1, -0.05) is 50.2 Å². The highest BCUT2D eigenvalue weighted by Gasteiger charge is 2.22. The molecule has 0 bridgehead atoms. The van der Waals surface area contributed by atoms with Crippen molar-refractivity contribution in [1.29, 1.82) is 0 Å². The summed E-state index contributed by atoms with van der Waals surface area (Å²) < 4.78 is 10.8. The second kappa shape index (κ2) is 6.98. The molecule has 0 atom stereocenters. The first-order valence-corrected chi connectivity index (χ1v) is 8.38. The zero-order chi connectivity index (χ0) is 18.0. The number of rotatable bonds is 4. The van der Waals surface area contributed by atoms with Crippen molar-refractivity contribution in [2.24, 2.45) is 0 Å². The highest BCUT2D eigenvalue weighted by molar-refractivity contribution is 6.05. The molecule has 0 saturated heterocycles. The SMILES string of the molecule is COc1cc(/C=C2\C=C(c3ccc(C(C)C)cc3)OC2=O)ccc1C. The number of methoxy groups -OCH3 is 1. The highest BCUT2D eigenvalue weighted by atomic mass is 16.5. The molecule has 0 aromatic heterocycles. The molecule has 1 aliphatic heterocycles. The minimum atomic E-state index is -0.331. The van der Waals surface area contributed by atoms with E-state index in [1.165, 1.54) is 5.56 Å². The molecule has 0 radical (unpaired) electrons. The lowest BCUT2D eigenvalue weighted by molar-refractivity contribution is -0.130. The van der Waals surface area contributed by atoms with Crippen molar-refractivity contribution in [2.45, 2.75) is 26.7 Å². The minimum absolute atomic E-state index is 0.331. The summed E-state index contributed by atoms with van der Waals surface area (Å²) in [4.78, 5) is 12.2. The standard InChI is InChI=1S/C22H22O3/c1-14(2)17-7-9-18(10-8-17)21-13-19(22(23)25-21)11-16-6-5-15(3)20(12-16)24-4/h5-14H,1-4H3/b19-11+. The molecule has 1 aliphatic rings. The molecule has 0 saturated carbocycles. The number of cyclic esters (lactones) is 1. The predicted molar refractivity (Wildman–Crippen MR) is 100 cm³/mol. The van der Waals surface area contributed by atoms with Crippen LogP contribution in [0.15, 0.2) is 54.1 Å². The third kappa shape index (κ3) is 3.66. The van der Waals surface area contributed by atoms with E-state index in [1.807, 2.05) is 43.3 Å². The Hall–Kier alpha value is -2.81. The zero-order valence-corrected chi connectivity index (χ0v) is 15.0. The van der Waals surface area contributed by atoms with Gasteiger partial charge in [0.25, 0.3) is 0 Å². The number of esters is 1. The minimum Gasteiger partial charge on any atom is -0.496 e. The van der Waals surface area contributed by atoms with Crippen LogP contribution in [0.4, 0.5) is 0 Å². The largest absolute Gasteiger partial charge is 0.496 e. The number of ether oxygens (including phenoxy) is 2. The van der Waals surface area contributed by atoms with Gasteiger partial charge in [0.15, 0.2) is 0 Å². The summed E-state index contributed by atoms with van der Waals surface area (Å²) in [5, 5.41) is 0. The molecular weight excluding hydrogens is 312 g/mol. The van der Waals surface area contributed by atoms with Gasteiger partial charge in [-0.25, -0.2) is 4.79 Å². The van der Waals surface area contributed by atoms with Crippen molar-refractivity contribution in [3.8, 4) is 5.75 Å². The summed E-state index contributed by atoms with van der Waals surface area (Å²) >= 11 is 0. The third-order valence-electron chi connectivity index (χ3n) is 4.34. The maximum absolute atomic E-state index is 12.2. The summed E-state index contributed by atoms with van der Waals surface area (Å²) in [5.74, 6) is 1.53. The van der Waals surface area contributed by atoms with Gasteiger partial charge in [-0.3, -0.25) is 0 Å². The average Bonchev–Trinajstić information content (AvgIpc) is 2.97. The number of hydrogen-bond donors (Lipinski definition) is 0. The topological polar surface area (TPSA) is 35.5 Å². The van der Waals surface area contributed by atoms with Crippen molar-refractivity contribution in [3.05, 3.63) is 76.4 Å². The Labute approximate surface area is 148 Å². The first-order chi connectivity index (χ1) is 12.0. The predicted octanol–water partition coefficient (Wildman–Crippen LogP) is 5.11. The molecule has 2 aromatic rings. The fraction of sp³-hybridized carbons (Fsp3) is 0.227. The lowest BCUT2D eigenvalue weighted by atomic mass is 10.0. The maximum atomic E-state index is 12.2. The molecule has 3 nitrogen and oxygen atoms in total. The van der Waals surface area contributed by atoms with E-state index < -0.39 is 0 Å². The number of hydrogen-bond acceptors (Lipinski definition) is 3. The Morgan fingerprint density at radius 3 is 2.44 bits per heavy atom. The van der Waals surface area contributed by atoms with Gasteiger partial charge in [0, 0.05) is 5.56 Å². The first kappa shape index (κ1) is 17.0. The first-order valence-electron chi connectivity index (χ1n) is 8.38. The van der Waals surface area contributed by atoms with Crippen molar-refractivity contribution in [3.63, 3.8) is 0 Å². The molecule has 25 heavy (non-hydrogen) atoms. The Kier molecular flexibility index (Phi) is 4.75. The number of carbonyl (C=O) groups excluding carboxylic acids is 1. The van der Waals surface area contributed by atoms with Gasteiger partial charge in [0.1, 0.15) is 11.5 Å². The normalized spacial score (nSPS) is 15.5. The van der Waals surface area contributed by atoms with Gasteiger partial charge in [-0.2, -0.15) is 0 Å². The molecule has 0 unspecified atom stereocenters. The van der Waals surface area contributed by atoms with Gasteiger partial charge in [-0.15, -0.1) is 0 Å². The maximum Gasteiger partial charge on any atom is 0.343 e. The highest BCUT2D eigenvalue weighted by Crippen LogP contribution is 2.29. The Balaban J connectivity index is 1.89. The van der Waals surface area contributed by atoms with Gasteiger partial charge in [0.05, 0.1) is 12.7 Å². The van der Waals surface area contributed by atoms with Crippen LogP contribution in [0.25, 0.3) is 11.8 Å². The van der Waals surface area contributed by atoms with Gasteiger partial charge in [-0.05, 0) is 47.8 Å². The lowest BCUT2D eigenvalue weighted by Gasteiger charge is -2.06. The second-order valence-corrected chi connectivity index (χ2v) is 6.50. The van der Waals surface area contributed by atoms with Crippen LogP contribution >= 0.6 is 0 Å². The molecule has 3 heteroatoms. The molecule has 0 fully saturated rings. The quantitative estimate of drug-likeness (QED) is 0.576. The fourth-order valence-electron chi connectivity index (χ4n) is 2.77. The van der Waals surface area contributed by atoms with E-state index in [0.29, 0.717) is 17.3 Å². The van der Waals surface area contributed by atoms with Crippen LogP contribution in [0.5, 0.6) is 5.75 Å². The van der Waals surface area contributed by atoms with Crippen molar-refractivity contribution in [1.82, 2.24) is 0 Å². The summed E-state index contributed by atoms with van der Waals surface area (Å²) in [6.07, 6.45) is 3.61. The molecule has 0 N–H and O–H groups in total. The van der Waals surface area contributed by atoms with Crippen LogP contribution in [0.1, 0.15) is 42.0 Å².